The molecule has 1 heterocycles. The van der Waals surface area contributed by atoms with E-state index in [1.165, 1.54) is 11.1 Å². The van der Waals surface area contributed by atoms with Crippen molar-refractivity contribution in [3.63, 3.8) is 0 Å². The summed E-state index contributed by atoms with van der Waals surface area (Å²) >= 11 is 0. The minimum Gasteiger partial charge on any atom is -0.336 e. The molecule has 0 saturated carbocycles. The summed E-state index contributed by atoms with van der Waals surface area (Å²) in [7, 11) is 0. The molecule has 0 aromatic heterocycles. The minimum atomic E-state index is 0. The molecule has 1 amide bonds. The topological polar surface area (TPSA) is 32.3 Å². The molecule has 3 nitrogen and oxygen atoms in total. The SMILES string of the molecule is CC(C)CN(C(=O)c1ccc2c(c1)CNC2)C(C)C.Cl. The van der Waals surface area contributed by atoms with Crippen LogP contribution in [-0.4, -0.2) is 23.4 Å². The highest BCUT2D eigenvalue weighted by Crippen LogP contribution is 2.19. The van der Waals surface area contributed by atoms with Crippen molar-refractivity contribution in [2.45, 2.75) is 46.8 Å². The van der Waals surface area contributed by atoms with Crippen LogP contribution in [0.25, 0.3) is 0 Å². The van der Waals surface area contributed by atoms with E-state index < -0.39 is 0 Å². The van der Waals surface area contributed by atoms with E-state index in [1.54, 1.807) is 0 Å². The number of carbonyl (C=O) groups excluding carboxylic acids is 1. The zero-order valence-electron chi connectivity index (χ0n) is 12.8. The molecule has 0 bridgehead atoms. The maximum atomic E-state index is 12.6. The Morgan fingerprint density at radius 2 is 1.85 bits per heavy atom. The van der Waals surface area contributed by atoms with Gasteiger partial charge < -0.3 is 10.2 Å². The minimum absolute atomic E-state index is 0. The number of fused-ring (bicyclic) bond motifs is 1. The fourth-order valence-corrected chi connectivity index (χ4v) is 2.52. The zero-order valence-corrected chi connectivity index (χ0v) is 13.6. The Labute approximate surface area is 128 Å². The molecule has 1 aliphatic heterocycles. The lowest BCUT2D eigenvalue weighted by Crippen LogP contribution is -2.39. The second-order valence-corrected chi connectivity index (χ2v) is 6.03. The normalized spacial score (nSPS) is 13.3. The van der Waals surface area contributed by atoms with Gasteiger partial charge in [-0.15, -0.1) is 12.4 Å². The summed E-state index contributed by atoms with van der Waals surface area (Å²) in [6, 6.07) is 6.33. The molecule has 1 N–H and O–H groups in total. The molecule has 0 radical (unpaired) electrons. The number of benzene rings is 1. The Balaban J connectivity index is 0.00000200. The molecule has 112 valence electrons. The van der Waals surface area contributed by atoms with Crippen LogP contribution in [0.4, 0.5) is 0 Å². The van der Waals surface area contributed by atoms with Crippen LogP contribution in [0.1, 0.15) is 49.2 Å². The van der Waals surface area contributed by atoms with Crippen molar-refractivity contribution in [3.05, 3.63) is 34.9 Å². The number of nitrogens with zero attached hydrogens (tertiary/aromatic N) is 1. The summed E-state index contributed by atoms with van der Waals surface area (Å²) in [5, 5.41) is 3.31. The fourth-order valence-electron chi connectivity index (χ4n) is 2.52. The van der Waals surface area contributed by atoms with Gasteiger partial charge in [0.2, 0.25) is 0 Å². The number of halogens is 1. The summed E-state index contributed by atoms with van der Waals surface area (Å²) in [6.07, 6.45) is 0. The highest BCUT2D eigenvalue weighted by Gasteiger charge is 2.21. The van der Waals surface area contributed by atoms with Gasteiger partial charge in [0.25, 0.3) is 5.91 Å². The third kappa shape index (κ3) is 3.74. The molecular formula is C16H25ClN2O. The molecule has 1 aliphatic rings. The van der Waals surface area contributed by atoms with Gasteiger partial charge >= 0.3 is 0 Å². The molecule has 0 unspecified atom stereocenters. The van der Waals surface area contributed by atoms with Gasteiger partial charge in [-0.2, -0.15) is 0 Å². The van der Waals surface area contributed by atoms with Gasteiger partial charge in [-0.1, -0.05) is 19.9 Å². The van der Waals surface area contributed by atoms with Crippen LogP contribution in [0.3, 0.4) is 0 Å². The Morgan fingerprint density at radius 1 is 1.20 bits per heavy atom. The monoisotopic (exact) mass is 296 g/mol. The third-order valence-electron chi connectivity index (χ3n) is 3.53. The lowest BCUT2D eigenvalue weighted by atomic mass is 10.0. The Morgan fingerprint density at radius 3 is 2.45 bits per heavy atom. The predicted molar refractivity (Wildman–Crippen MR) is 85.2 cm³/mol. The molecule has 0 aliphatic carbocycles. The molecule has 0 spiro atoms. The fraction of sp³-hybridized carbons (Fsp3) is 0.562. The summed E-state index contributed by atoms with van der Waals surface area (Å²) in [5.74, 6) is 0.640. The van der Waals surface area contributed by atoms with Gasteiger partial charge in [0.1, 0.15) is 0 Å². The van der Waals surface area contributed by atoms with Gasteiger partial charge in [-0.25, -0.2) is 0 Å². The van der Waals surface area contributed by atoms with Gasteiger partial charge in [0, 0.05) is 31.2 Å². The van der Waals surface area contributed by atoms with Gasteiger partial charge in [0.15, 0.2) is 0 Å². The Hall–Kier alpha value is -1.06. The molecule has 1 aromatic rings. The van der Waals surface area contributed by atoms with Gasteiger partial charge in [0.05, 0.1) is 0 Å². The number of hydrogen-bond donors (Lipinski definition) is 1. The first-order chi connectivity index (χ1) is 8.99. The summed E-state index contributed by atoms with van der Waals surface area (Å²) in [6.45, 7) is 11.1. The number of amides is 1. The average molecular weight is 297 g/mol. The number of carbonyl (C=O) groups is 1. The van der Waals surface area contributed by atoms with Crippen molar-refractivity contribution in [1.82, 2.24) is 10.2 Å². The standard InChI is InChI=1S/C16H24N2O.ClH/c1-11(2)10-18(12(3)4)16(19)13-5-6-14-8-17-9-15(14)7-13;/h5-7,11-12,17H,8-10H2,1-4H3;1H. The first kappa shape index (κ1) is 17.0. The molecule has 0 saturated heterocycles. The van der Waals surface area contributed by atoms with Crippen molar-refractivity contribution in [2.24, 2.45) is 5.92 Å². The molecule has 4 heteroatoms. The predicted octanol–water partition coefficient (Wildman–Crippen LogP) is 3.22. The maximum Gasteiger partial charge on any atom is 0.254 e. The molecule has 1 aromatic carbocycles. The van der Waals surface area contributed by atoms with Crippen molar-refractivity contribution in [2.75, 3.05) is 6.54 Å². The van der Waals surface area contributed by atoms with E-state index in [4.69, 9.17) is 0 Å². The van der Waals surface area contributed by atoms with Gasteiger partial charge in [-0.05, 0) is 43.0 Å². The largest absolute Gasteiger partial charge is 0.336 e. The van der Waals surface area contributed by atoms with E-state index in [-0.39, 0.29) is 24.4 Å². The first-order valence-electron chi connectivity index (χ1n) is 7.12. The second-order valence-electron chi connectivity index (χ2n) is 6.03. The molecule has 0 atom stereocenters. The number of rotatable bonds is 4. The lowest BCUT2D eigenvalue weighted by Gasteiger charge is -2.28. The van der Waals surface area contributed by atoms with Crippen LogP contribution in [0.5, 0.6) is 0 Å². The second kappa shape index (κ2) is 7.09. The van der Waals surface area contributed by atoms with E-state index in [9.17, 15) is 4.79 Å². The van der Waals surface area contributed by atoms with Crippen molar-refractivity contribution < 1.29 is 4.79 Å². The van der Waals surface area contributed by atoms with Crippen molar-refractivity contribution in [3.8, 4) is 0 Å². The van der Waals surface area contributed by atoms with E-state index >= 15 is 0 Å². The van der Waals surface area contributed by atoms with Crippen LogP contribution in [-0.2, 0) is 13.1 Å². The average Bonchev–Trinajstić information content (AvgIpc) is 2.81. The quantitative estimate of drug-likeness (QED) is 0.925. The molecule has 20 heavy (non-hydrogen) atoms. The van der Waals surface area contributed by atoms with E-state index in [0.29, 0.717) is 5.92 Å². The summed E-state index contributed by atoms with van der Waals surface area (Å²) in [4.78, 5) is 14.6. The van der Waals surface area contributed by atoms with E-state index in [1.807, 2.05) is 17.0 Å². The van der Waals surface area contributed by atoms with Crippen LogP contribution in [0.15, 0.2) is 18.2 Å². The molecule has 2 rings (SSSR count). The summed E-state index contributed by atoms with van der Waals surface area (Å²) in [5.41, 5.74) is 3.40. The highest BCUT2D eigenvalue weighted by atomic mass is 35.5. The third-order valence-corrected chi connectivity index (χ3v) is 3.53. The van der Waals surface area contributed by atoms with E-state index in [0.717, 1.165) is 25.2 Å². The van der Waals surface area contributed by atoms with Crippen LogP contribution in [0.2, 0.25) is 0 Å². The number of hydrogen-bond acceptors (Lipinski definition) is 2. The Kier molecular flexibility index (Phi) is 6.03. The highest BCUT2D eigenvalue weighted by molar-refractivity contribution is 5.94. The molecule has 0 fully saturated rings. The van der Waals surface area contributed by atoms with Crippen LogP contribution >= 0.6 is 12.4 Å². The van der Waals surface area contributed by atoms with Crippen molar-refractivity contribution >= 4 is 18.3 Å². The smallest absolute Gasteiger partial charge is 0.254 e. The maximum absolute atomic E-state index is 12.6. The summed E-state index contributed by atoms with van der Waals surface area (Å²) < 4.78 is 0. The van der Waals surface area contributed by atoms with Crippen molar-refractivity contribution in [1.29, 1.82) is 0 Å². The first-order valence-corrected chi connectivity index (χ1v) is 7.12. The molecular weight excluding hydrogens is 272 g/mol. The van der Waals surface area contributed by atoms with Crippen LogP contribution < -0.4 is 5.32 Å². The number of nitrogens with one attached hydrogen (secondary N) is 1. The lowest BCUT2D eigenvalue weighted by molar-refractivity contribution is 0.0682. The van der Waals surface area contributed by atoms with Gasteiger partial charge in [-0.3, -0.25) is 4.79 Å². The Bertz CT molecular complexity index is 472. The van der Waals surface area contributed by atoms with Crippen LogP contribution in [0, 0.1) is 5.92 Å². The zero-order chi connectivity index (χ0) is 14.0. The van der Waals surface area contributed by atoms with E-state index in [2.05, 4.69) is 39.1 Å².